The average molecular weight is 510 g/mol. The number of carboxylic acid groups (broad SMARTS) is 1. The maximum absolute atomic E-state index is 12.9. The van der Waals surface area contributed by atoms with Crippen LogP contribution in [0.1, 0.15) is 63.4 Å². The minimum absolute atomic E-state index is 0.0917. The first-order valence-electron chi connectivity index (χ1n) is 12.6. The molecule has 2 bridgehead atoms. The highest BCUT2D eigenvalue weighted by molar-refractivity contribution is 6.37. The number of piperidine rings is 2. The predicted molar refractivity (Wildman–Crippen MR) is 129 cm³/mol. The van der Waals surface area contributed by atoms with E-state index in [1.165, 1.54) is 5.56 Å². The third-order valence-corrected chi connectivity index (χ3v) is 8.64. The summed E-state index contributed by atoms with van der Waals surface area (Å²) in [5, 5.41) is 11.8. The van der Waals surface area contributed by atoms with Crippen LogP contribution >= 0.6 is 11.6 Å². The molecule has 4 nitrogen and oxygen atoms in total. The van der Waals surface area contributed by atoms with Crippen molar-refractivity contribution in [3.8, 4) is 5.75 Å². The second-order valence-corrected chi connectivity index (χ2v) is 10.9. The Morgan fingerprint density at radius 1 is 1.03 bits per heavy atom. The van der Waals surface area contributed by atoms with Crippen LogP contribution in [0.5, 0.6) is 5.75 Å². The Bertz CT molecular complexity index is 1070. The number of carboxylic acids is 1. The molecular formula is C27H31ClF3NO3. The summed E-state index contributed by atoms with van der Waals surface area (Å²) < 4.78 is 44.9. The Hall–Kier alpha value is -1.99. The summed E-state index contributed by atoms with van der Waals surface area (Å²) in [7, 11) is 0. The monoisotopic (exact) mass is 509 g/mol. The minimum Gasteiger partial charge on any atom is -0.489 e. The van der Waals surface area contributed by atoms with Crippen molar-refractivity contribution in [2.75, 3.05) is 0 Å². The van der Waals surface area contributed by atoms with E-state index in [0.717, 1.165) is 49.4 Å². The van der Waals surface area contributed by atoms with Gasteiger partial charge in [0.25, 0.3) is 0 Å². The van der Waals surface area contributed by atoms with Gasteiger partial charge in [0, 0.05) is 24.0 Å². The largest absolute Gasteiger partial charge is 0.489 e. The standard InChI is InChI=1S/C27H31ClF3NO3/c28-25-23-10-4-16(15-32-20-2-1-3-21(32)14-18(13-20)26(33)34)12-17(23)5-11-24(25)35-22-8-6-19(7-9-22)27(29,30)31/h4-5,10-12,18-22H,1-3,6-9,13-15H2,(H,33,34). The van der Waals surface area contributed by atoms with Gasteiger partial charge in [-0.05, 0) is 74.4 Å². The number of halogens is 4. The van der Waals surface area contributed by atoms with Gasteiger partial charge in [-0.25, -0.2) is 0 Å². The van der Waals surface area contributed by atoms with Gasteiger partial charge in [0.15, 0.2) is 0 Å². The fraction of sp³-hybridized carbons (Fsp3) is 0.593. The van der Waals surface area contributed by atoms with Crippen molar-refractivity contribution >= 4 is 28.3 Å². The number of hydrogen-bond donors (Lipinski definition) is 1. The van der Waals surface area contributed by atoms with E-state index < -0.39 is 18.1 Å². The van der Waals surface area contributed by atoms with Gasteiger partial charge in [-0.1, -0.05) is 36.2 Å². The highest BCUT2D eigenvalue weighted by Gasteiger charge is 2.42. The van der Waals surface area contributed by atoms with Crippen LogP contribution in [0.25, 0.3) is 10.8 Å². The summed E-state index contributed by atoms with van der Waals surface area (Å²) in [5.74, 6) is -1.62. The third kappa shape index (κ3) is 5.26. The normalized spacial score (nSPS) is 29.8. The van der Waals surface area contributed by atoms with E-state index in [2.05, 4.69) is 17.0 Å². The number of benzene rings is 2. The molecule has 190 valence electrons. The lowest BCUT2D eigenvalue weighted by atomic mass is 9.78. The molecule has 2 aromatic carbocycles. The highest BCUT2D eigenvalue weighted by Crippen LogP contribution is 2.41. The van der Waals surface area contributed by atoms with Gasteiger partial charge in [0.05, 0.1) is 23.0 Å². The number of fused-ring (bicyclic) bond motifs is 3. The van der Waals surface area contributed by atoms with Crippen LogP contribution in [0.2, 0.25) is 5.02 Å². The van der Waals surface area contributed by atoms with E-state index in [1.54, 1.807) is 0 Å². The highest BCUT2D eigenvalue weighted by atomic mass is 35.5. The van der Waals surface area contributed by atoms with Crippen molar-refractivity contribution in [1.82, 2.24) is 4.90 Å². The van der Waals surface area contributed by atoms with Gasteiger partial charge in [-0.2, -0.15) is 13.2 Å². The van der Waals surface area contributed by atoms with Crippen LogP contribution in [0.4, 0.5) is 13.2 Å². The summed E-state index contributed by atoms with van der Waals surface area (Å²) >= 11 is 6.66. The zero-order valence-corrected chi connectivity index (χ0v) is 20.3. The lowest BCUT2D eigenvalue weighted by molar-refractivity contribution is -0.185. The van der Waals surface area contributed by atoms with Gasteiger partial charge in [0.2, 0.25) is 0 Å². The number of rotatable bonds is 5. The number of aliphatic carboxylic acids is 1. The Labute approximate surface area is 208 Å². The Balaban J connectivity index is 1.27. The lowest BCUT2D eigenvalue weighted by Crippen LogP contribution is -2.52. The molecule has 35 heavy (non-hydrogen) atoms. The van der Waals surface area contributed by atoms with E-state index in [9.17, 15) is 23.1 Å². The van der Waals surface area contributed by atoms with E-state index in [0.29, 0.717) is 35.7 Å². The molecule has 1 aliphatic carbocycles. The summed E-state index contributed by atoms with van der Waals surface area (Å²) in [5.41, 5.74) is 1.17. The SMILES string of the molecule is O=C(O)C1CC2CCCC(C1)N2Cc1ccc2c(Cl)c(OC3CCC(C(F)(F)F)CC3)ccc2c1. The zero-order valence-electron chi connectivity index (χ0n) is 19.6. The second kappa shape index (κ2) is 9.81. The molecule has 2 aromatic rings. The molecule has 0 amide bonds. The minimum atomic E-state index is -4.13. The maximum atomic E-state index is 12.9. The fourth-order valence-corrected chi connectivity index (χ4v) is 6.63. The molecule has 1 N–H and O–H groups in total. The summed E-state index contributed by atoms with van der Waals surface area (Å²) in [6.07, 6.45) is 1.24. The molecule has 0 aromatic heterocycles. The first kappa shape index (κ1) is 24.7. The first-order chi connectivity index (χ1) is 16.7. The van der Waals surface area contributed by atoms with E-state index in [-0.39, 0.29) is 24.9 Å². The average Bonchev–Trinajstić information content (AvgIpc) is 2.80. The number of carbonyl (C=O) groups is 1. The summed E-state index contributed by atoms with van der Waals surface area (Å²) in [6.45, 7) is 0.788. The Morgan fingerprint density at radius 3 is 2.34 bits per heavy atom. The van der Waals surface area contributed by atoms with Crippen LogP contribution in [-0.4, -0.2) is 40.3 Å². The second-order valence-electron chi connectivity index (χ2n) is 10.5. The van der Waals surface area contributed by atoms with Gasteiger partial charge in [-0.15, -0.1) is 0 Å². The molecule has 2 saturated heterocycles. The fourth-order valence-electron chi connectivity index (χ4n) is 6.35. The molecule has 1 saturated carbocycles. The maximum Gasteiger partial charge on any atom is 0.391 e. The van der Waals surface area contributed by atoms with Crippen molar-refractivity contribution in [2.45, 2.75) is 88.7 Å². The van der Waals surface area contributed by atoms with Gasteiger partial charge >= 0.3 is 12.1 Å². The molecule has 8 heteroatoms. The van der Waals surface area contributed by atoms with Gasteiger partial charge in [0.1, 0.15) is 5.75 Å². The number of alkyl halides is 3. The van der Waals surface area contributed by atoms with Crippen molar-refractivity contribution in [2.24, 2.45) is 11.8 Å². The van der Waals surface area contributed by atoms with Crippen molar-refractivity contribution in [1.29, 1.82) is 0 Å². The molecular weight excluding hydrogens is 479 g/mol. The number of hydrogen-bond acceptors (Lipinski definition) is 3. The summed E-state index contributed by atoms with van der Waals surface area (Å²) in [4.78, 5) is 14.0. The van der Waals surface area contributed by atoms with E-state index in [1.807, 2.05) is 18.2 Å². The van der Waals surface area contributed by atoms with E-state index >= 15 is 0 Å². The predicted octanol–water partition coefficient (Wildman–Crippen LogP) is 7.21. The van der Waals surface area contributed by atoms with Crippen molar-refractivity contribution in [3.05, 3.63) is 40.9 Å². The zero-order chi connectivity index (χ0) is 24.7. The molecule has 5 rings (SSSR count). The number of nitrogens with zero attached hydrogens (tertiary/aromatic N) is 1. The quantitative estimate of drug-likeness (QED) is 0.462. The van der Waals surface area contributed by atoms with Crippen LogP contribution in [0.3, 0.4) is 0 Å². The number of ether oxygens (including phenoxy) is 1. The first-order valence-corrected chi connectivity index (χ1v) is 13.0. The molecule has 0 radical (unpaired) electrons. The Kier molecular flexibility index (Phi) is 6.92. The van der Waals surface area contributed by atoms with Crippen molar-refractivity contribution < 1.29 is 27.8 Å². The smallest absolute Gasteiger partial charge is 0.391 e. The van der Waals surface area contributed by atoms with Crippen LogP contribution in [0.15, 0.2) is 30.3 Å². The summed E-state index contributed by atoms with van der Waals surface area (Å²) in [6, 6.07) is 10.6. The van der Waals surface area contributed by atoms with Gasteiger partial charge < -0.3 is 9.84 Å². The third-order valence-electron chi connectivity index (χ3n) is 8.25. The van der Waals surface area contributed by atoms with Crippen LogP contribution in [0, 0.1) is 11.8 Å². The van der Waals surface area contributed by atoms with Crippen LogP contribution < -0.4 is 4.74 Å². The molecule has 2 unspecified atom stereocenters. The molecule has 2 atom stereocenters. The molecule has 0 spiro atoms. The Morgan fingerprint density at radius 2 is 1.71 bits per heavy atom. The topological polar surface area (TPSA) is 49.8 Å². The molecule has 3 aliphatic rings. The lowest BCUT2D eigenvalue weighted by Gasteiger charge is -2.48. The van der Waals surface area contributed by atoms with Crippen LogP contribution in [-0.2, 0) is 11.3 Å². The van der Waals surface area contributed by atoms with Gasteiger partial charge in [-0.3, -0.25) is 9.69 Å². The van der Waals surface area contributed by atoms with Crippen molar-refractivity contribution in [3.63, 3.8) is 0 Å². The molecule has 2 aliphatic heterocycles. The molecule has 3 fully saturated rings. The molecule has 2 heterocycles. The van der Waals surface area contributed by atoms with E-state index in [4.69, 9.17) is 16.3 Å².